The average molecular weight is 226 g/mol. The predicted octanol–water partition coefficient (Wildman–Crippen LogP) is 1.34. The Morgan fingerprint density at radius 2 is 1.94 bits per heavy atom. The normalized spacial score (nSPS) is 24.9. The van der Waals surface area contributed by atoms with E-state index in [1.165, 1.54) is 38.8 Å². The summed E-state index contributed by atoms with van der Waals surface area (Å²) in [6, 6.07) is 0.713. The fourth-order valence-electron chi connectivity index (χ4n) is 2.75. The van der Waals surface area contributed by atoms with E-state index in [0.717, 1.165) is 25.0 Å². The predicted molar refractivity (Wildman–Crippen MR) is 66.6 cm³/mol. The van der Waals surface area contributed by atoms with Gasteiger partial charge >= 0.3 is 0 Å². The molecule has 2 fully saturated rings. The topological polar surface area (TPSA) is 24.5 Å². The average Bonchev–Trinajstić information content (AvgIpc) is 3.11. The Labute approximate surface area is 99.5 Å². The molecule has 3 nitrogen and oxygen atoms in total. The minimum atomic E-state index is 0.713. The van der Waals surface area contributed by atoms with Crippen molar-refractivity contribution in [1.82, 2.24) is 10.2 Å². The van der Waals surface area contributed by atoms with Crippen LogP contribution in [0, 0.1) is 11.8 Å². The molecule has 0 radical (unpaired) electrons. The summed E-state index contributed by atoms with van der Waals surface area (Å²) in [6.07, 6.45) is 5.35. The SMILES string of the molecule is CNC(CN(C)CC1CCOCC1)C1CC1. The van der Waals surface area contributed by atoms with E-state index in [-0.39, 0.29) is 0 Å². The van der Waals surface area contributed by atoms with E-state index in [1.807, 2.05) is 0 Å². The largest absolute Gasteiger partial charge is 0.381 e. The van der Waals surface area contributed by atoms with E-state index in [0.29, 0.717) is 6.04 Å². The van der Waals surface area contributed by atoms with Gasteiger partial charge in [0.15, 0.2) is 0 Å². The second-order valence-electron chi connectivity index (χ2n) is 5.51. The zero-order chi connectivity index (χ0) is 11.4. The first-order chi connectivity index (χ1) is 7.79. The van der Waals surface area contributed by atoms with Crippen LogP contribution in [0.2, 0.25) is 0 Å². The Hall–Kier alpha value is -0.120. The van der Waals surface area contributed by atoms with Crippen LogP contribution < -0.4 is 5.32 Å². The molecular weight excluding hydrogens is 200 g/mol. The van der Waals surface area contributed by atoms with E-state index < -0.39 is 0 Å². The Balaban J connectivity index is 1.67. The molecule has 1 N–H and O–H groups in total. The zero-order valence-corrected chi connectivity index (χ0v) is 10.7. The summed E-state index contributed by atoms with van der Waals surface area (Å²) < 4.78 is 5.40. The maximum absolute atomic E-state index is 5.40. The van der Waals surface area contributed by atoms with Crippen molar-refractivity contribution in [2.45, 2.75) is 31.7 Å². The molecule has 1 saturated heterocycles. The summed E-state index contributed by atoms with van der Waals surface area (Å²) in [5, 5.41) is 3.47. The summed E-state index contributed by atoms with van der Waals surface area (Å²) in [4.78, 5) is 2.51. The maximum Gasteiger partial charge on any atom is 0.0469 e. The second-order valence-corrected chi connectivity index (χ2v) is 5.51. The van der Waals surface area contributed by atoms with Crippen molar-refractivity contribution in [2.75, 3.05) is 40.4 Å². The minimum Gasteiger partial charge on any atom is -0.381 e. The summed E-state index contributed by atoms with van der Waals surface area (Å²) in [5.74, 6) is 1.80. The lowest BCUT2D eigenvalue weighted by molar-refractivity contribution is 0.0545. The molecule has 1 heterocycles. The summed E-state index contributed by atoms with van der Waals surface area (Å²) >= 11 is 0. The molecule has 0 amide bonds. The van der Waals surface area contributed by atoms with E-state index in [2.05, 4.69) is 24.3 Å². The Morgan fingerprint density at radius 1 is 1.25 bits per heavy atom. The van der Waals surface area contributed by atoms with E-state index in [1.54, 1.807) is 0 Å². The lowest BCUT2D eigenvalue weighted by atomic mass is 9.99. The lowest BCUT2D eigenvalue weighted by Gasteiger charge is -2.29. The number of rotatable bonds is 6. The highest BCUT2D eigenvalue weighted by Crippen LogP contribution is 2.32. The smallest absolute Gasteiger partial charge is 0.0469 e. The van der Waals surface area contributed by atoms with Crippen LogP contribution in [-0.2, 0) is 4.74 Å². The fraction of sp³-hybridized carbons (Fsp3) is 1.00. The van der Waals surface area contributed by atoms with E-state index >= 15 is 0 Å². The second kappa shape index (κ2) is 5.99. The van der Waals surface area contributed by atoms with Crippen LogP contribution in [0.15, 0.2) is 0 Å². The molecule has 16 heavy (non-hydrogen) atoms. The van der Waals surface area contributed by atoms with Gasteiger partial charge < -0.3 is 15.0 Å². The van der Waals surface area contributed by atoms with Crippen LogP contribution in [0.4, 0.5) is 0 Å². The summed E-state index contributed by atoms with van der Waals surface area (Å²) in [5.41, 5.74) is 0. The van der Waals surface area contributed by atoms with Crippen LogP contribution in [0.25, 0.3) is 0 Å². The molecule has 1 unspecified atom stereocenters. The lowest BCUT2D eigenvalue weighted by Crippen LogP contribution is -2.41. The number of ether oxygens (including phenoxy) is 1. The van der Waals surface area contributed by atoms with Gasteiger partial charge in [-0.05, 0) is 51.6 Å². The van der Waals surface area contributed by atoms with Gasteiger partial charge in [0.25, 0.3) is 0 Å². The van der Waals surface area contributed by atoms with Gasteiger partial charge in [0.1, 0.15) is 0 Å². The van der Waals surface area contributed by atoms with Crippen LogP contribution in [0.1, 0.15) is 25.7 Å². The molecule has 0 bridgehead atoms. The van der Waals surface area contributed by atoms with Gasteiger partial charge in [-0.25, -0.2) is 0 Å². The van der Waals surface area contributed by atoms with Gasteiger partial charge in [0.05, 0.1) is 0 Å². The third-order valence-electron chi connectivity index (χ3n) is 3.98. The van der Waals surface area contributed by atoms with Crippen molar-refractivity contribution in [3.05, 3.63) is 0 Å². The molecule has 2 rings (SSSR count). The zero-order valence-electron chi connectivity index (χ0n) is 10.7. The van der Waals surface area contributed by atoms with Gasteiger partial charge in [-0.2, -0.15) is 0 Å². The monoisotopic (exact) mass is 226 g/mol. The molecule has 0 aromatic rings. The molecule has 94 valence electrons. The highest BCUT2D eigenvalue weighted by Gasteiger charge is 2.31. The van der Waals surface area contributed by atoms with Crippen LogP contribution in [-0.4, -0.2) is 51.3 Å². The maximum atomic E-state index is 5.40. The number of nitrogens with one attached hydrogen (secondary N) is 1. The van der Waals surface area contributed by atoms with Crippen molar-refractivity contribution < 1.29 is 4.74 Å². The first-order valence-corrected chi connectivity index (χ1v) is 6.73. The van der Waals surface area contributed by atoms with Gasteiger partial charge in [-0.1, -0.05) is 0 Å². The molecule has 3 heteroatoms. The number of hydrogen-bond acceptors (Lipinski definition) is 3. The highest BCUT2D eigenvalue weighted by molar-refractivity contribution is 4.87. The third kappa shape index (κ3) is 3.72. The van der Waals surface area contributed by atoms with Crippen molar-refractivity contribution in [3.8, 4) is 0 Å². The molecule has 0 spiro atoms. The van der Waals surface area contributed by atoms with Gasteiger partial charge in [-0.3, -0.25) is 0 Å². The fourth-order valence-corrected chi connectivity index (χ4v) is 2.75. The van der Waals surface area contributed by atoms with Crippen molar-refractivity contribution in [2.24, 2.45) is 11.8 Å². The molecule has 1 atom stereocenters. The molecule has 0 aromatic heterocycles. The number of likely N-dealkylation sites (N-methyl/N-ethyl adjacent to an activating group) is 2. The number of hydrogen-bond donors (Lipinski definition) is 1. The Morgan fingerprint density at radius 3 is 2.50 bits per heavy atom. The van der Waals surface area contributed by atoms with Gasteiger partial charge in [-0.15, -0.1) is 0 Å². The molecule has 1 aliphatic carbocycles. The van der Waals surface area contributed by atoms with Crippen molar-refractivity contribution in [3.63, 3.8) is 0 Å². The number of nitrogens with zero attached hydrogens (tertiary/aromatic N) is 1. The van der Waals surface area contributed by atoms with Crippen LogP contribution in [0.3, 0.4) is 0 Å². The van der Waals surface area contributed by atoms with Crippen LogP contribution >= 0.6 is 0 Å². The first-order valence-electron chi connectivity index (χ1n) is 6.73. The van der Waals surface area contributed by atoms with E-state index in [9.17, 15) is 0 Å². The Kier molecular flexibility index (Phi) is 4.62. The summed E-state index contributed by atoms with van der Waals surface area (Å²) in [6.45, 7) is 4.39. The quantitative estimate of drug-likeness (QED) is 0.740. The molecular formula is C13H26N2O. The molecule has 1 saturated carbocycles. The van der Waals surface area contributed by atoms with Crippen LogP contribution in [0.5, 0.6) is 0 Å². The summed E-state index contributed by atoms with van der Waals surface area (Å²) in [7, 11) is 4.37. The van der Waals surface area contributed by atoms with Gasteiger partial charge in [0, 0.05) is 32.3 Å². The minimum absolute atomic E-state index is 0.713. The third-order valence-corrected chi connectivity index (χ3v) is 3.98. The van der Waals surface area contributed by atoms with E-state index in [4.69, 9.17) is 4.74 Å². The van der Waals surface area contributed by atoms with Crippen molar-refractivity contribution in [1.29, 1.82) is 0 Å². The van der Waals surface area contributed by atoms with Crippen molar-refractivity contribution >= 4 is 0 Å². The standard InChI is InChI=1S/C13H26N2O/c1-14-13(12-3-4-12)10-15(2)9-11-5-7-16-8-6-11/h11-14H,3-10H2,1-2H3. The Bertz CT molecular complexity index is 200. The molecule has 2 aliphatic rings. The van der Waals surface area contributed by atoms with Gasteiger partial charge in [0.2, 0.25) is 0 Å². The molecule has 1 aliphatic heterocycles. The highest BCUT2D eigenvalue weighted by atomic mass is 16.5. The first kappa shape index (κ1) is 12.3. The molecule has 0 aromatic carbocycles.